The van der Waals surface area contributed by atoms with Gasteiger partial charge in [-0.2, -0.15) is 4.39 Å². The average molecular weight is 280 g/mol. The van der Waals surface area contributed by atoms with Crippen molar-refractivity contribution in [2.75, 3.05) is 12.3 Å². The molecule has 106 valence electrons. The lowest BCUT2D eigenvalue weighted by Gasteiger charge is -2.19. The molecule has 5 N–H and O–H groups in total. The molecular formula is C12H13FN4O3. The fourth-order valence-corrected chi connectivity index (χ4v) is 2.48. The minimum absolute atomic E-state index is 0.0434. The molecule has 2 aromatic rings. The maximum atomic E-state index is 13.4. The highest BCUT2D eigenvalue weighted by atomic mass is 19.1. The van der Waals surface area contributed by atoms with E-state index in [-0.39, 0.29) is 12.4 Å². The van der Waals surface area contributed by atoms with E-state index in [0.29, 0.717) is 16.6 Å². The van der Waals surface area contributed by atoms with Gasteiger partial charge in [-0.15, -0.1) is 0 Å². The molecule has 3 rings (SSSR count). The first-order valence-corrected chi connectivity index (χ1v) is 5.99. The van der Waals surface area contributed by atoms with E-state index in [2.05, 4.69) is 9.97 Å². The molecule has 1 aliphatic carbocycles. The predicted octanol–water partition coefficient (Wildman–Crippen LogP) is -0.652. The summed E-state index contributed by atoms with van der Waals surface area (Å²) in [5, 5.41) is 28.9. The normalized spacial score (nSPS) is 26.2. The van der Waals surface area contributed by atoms with Gasteiger partial charge >= 0.3 is 0 Å². The van der Waals surface area contributed by atoms with Crippen molar-refractivity contribution in [2.45, 2.75) is 18.2 Å². The number of pyridine rings is 1. The third kappa shape index (κ3) is 1.77. The highest BCUT2D eigenvalue weighted by Crippen LogP contribution is 2.32. The van der Waals surface area contributed by atoms with Crippen molar-refractivity contribution in [2.24, 2.45) is 0 Å². The van der Waals surface area contributed by atoms with Gasteiger partial charge in [0.2, 0.25) is 5.95 Å². The first-order valence-electron chi connectivity index (χ1n) is 5.99. The van der Waals surface area contributed by atoms with E-state index < -0.39 is 24.2 Å². The largest absolute Gasteiger partial charge is 0.392 e. The molecule has 7 nitrogen and oxygen atoms in total. The number of hydrogen-bond donors (Lipinski definition) is 4. The number of hydrogen-bond acceptors (Lipinski definition) is 6. The minimum atomic E-state index is -1.16. The van der Waals surface area contributed by atoms with Gasteiger partial charge < -0.3 is 25.6 Å². The van der Waals surface area contributed by atoms with Crippen molar-refractivity contribution in [3.05, 3.63) is 30.0 Å². The minimum Gasteiger partial charge on any atom is -0.392 e. The van der Waals surface area contributed by atoms with Crippen LogP contribution in [0.2, 0.25) is 0 Å². The van der Waals surface area contributed by atoms with Crippen LogP contribution in [0.15, 0.2) is 24.0 Å². The number of imidazole rings is 1. The lowest BCUT2D eigenvalue weighted by atomic mass is 10.1. The molecule has 0 fully saturated rings. The number of nitrogens with zero attached hydrogens (tertiary/aromatic N) is 3. The van der Waals surface area contributed by atoms with E-state index in [4.69, 9.17) is 10.8 Å². The Morgan fingerprint density at radius 1 is 1.40 bits per heavy atom. The number of rotatable bonds is 2. The van der Waals surface area contributed by atoms with Crippen LogP contribution in [-0.4, -0.2) is 48.7 Å². The van der Waals surface area contributed by atoms with Crippen molar-refractivity contribution < 1.29 is 19.7 Å². The van der Waals surface area contributed by atoms with Crippen molar-refractivity contribution >= 4 is 16.9 Å². The summed E-state index contributed by atoms with van der Waals surface area (Å²) < 4.78 is 14.9. The number of anilines is 1. The highest BCUT2D eigenvalue weighted by molar-refractivity contribution is 5.84. The van der Waals surface area contributed by atoms with Gasteiger partial charge in [0.15, 0.2) is 5.82 Å². The fraction of sp³-hybridized carbons (Fsp3) is 0.333. The van der Waals surface area contributed by atoms with Crippen molar-refractivity contribution in [1.82, 2.24) is 14.5 Å². The van der Waals surface area contributed by atoms with E-state index in [1.54, 1.807) is 0 Å². The Bertz CT molecular complexity index is 699. The van der Waals surface area contributed by atoms with Gasteiger partial charge in [-0.05, 0) is 5.57 Å². The molecule has 0 radical (unpaired) electrons. The molecular weight excluding hydrogens is 267 g/mol. The van der Waals surface area contributed by atoms with Gasteiger partial charge in [0.1, 0.15) is 17.7 Å². The Labute approximate surface area is 112 Å². The number of fused-ring (bicyclic) bond motifs is 1. The molecule has 0 aromatic carbocycles. The molecule has 1 aliphatic rings. The second-order valence-corrected chi connectivity index (χ2v) is 4.68. The Morgan fingerprint density at radius 3 is 2.80 bits per heavy atom. The van der Waals surface area contributed by atoms with Crippen LogP contribution in [0.1, 0.15) is 6.04 Å². The molecule has 0 aliphatic heterocycles. The third-order valence-corrected chi connectivity index (χ3v) is 3.50. The quantitative estimate of drug-likeness (QED) is 0.429. The Morgan fingerprint density at radius 2 is 2.15 bits per heavy atom. The number of aliphatic hydroxyl groups is 3. The van der Waals surface area contributed by atoms with Crippen LogP contribution in [0.3, 0.4) is 0 Å². The smallest absolute Gasteiger partial charge is 0.217 e. The van der Waals surface area contributed by atoms with Gasteiger partial charge in [0.05, 0.1) is 24.5 Å². The Hall–Kier alpha value is -2.03. The number of nitrogens with two attached hydrogens (primary N) is 1. The van der Waals surface area contributed by atoms with E-state index in [1.165, 1.54) is 17.0 Å². The monoisotopic (exact) mass is 280 g/mol. The number of aromatic nitrogens is 3. The molecule has 8 heteroatoms. The van der Waals surface area contributed by atoms with E-state index in [9.17, 15) is 14.6 Å². The van der Waals surface area contributed by atoms with E-state index in [0.717, 1.165) is 6.07 Å². The average Bonchev–Trinajstić information content (AvgIpc) is 2.93. The number of nitrogen functional groups attached to an aromatic ring is 1. The summed E-state index contributed by atoms with van der Waals surface area (Å²) in [6.45, 7) is -0.362. The molecule has 0 unspecified atom stereocenters. The van der Waals surface area contributed by atoms with Gasteiger partial charge in [-0.1, -0.05) is 6.08 Å². The zero-order valence-electron chi connectivity index (χ0n) is 10.3. The summed E-state index contributed by atoms with van der Waals surface area (Å²) in [7, 11) is 0. The van der Waals surface area contributed by atoms with Crippen LogP contribution >= 0.6 is 0 Å². The van der Waals surface area contributed by atoms with Crippen molar-refractivity contribution in [1.29, 1.82) is 0 Å². The lowest BCUT2D eigenvalue weighted by Crippen LogP contribution is -2.29. The standard InChI is InChI=1S/C12H13FN4O3/c13-8-2-6-9(12(14)16-8)15-4-17(6)7-1-5(3-18)10(19)11(7)20/h1-2,4,7,10-11,18-20H,3H2,(H2,14,16)/t7-,10-,11+/m1/s1. The second-order valence-electron chi connectivity index (χ2n) is 4.68. The van der Waals surface area contributed by atoms with Crippen LogP contribution in [0.4, 0.5) is 10.2 Å². The summed E-state index contributed by atoms with van der Waals surface area (Å²) in [4.78, 5) is 7.51. The molecule has 0 amide bonds. The zero-order valence-corrected chi connectivity index (χ0v) is 10.3. The molecule has 2 heterocycles. The molecule has 3 atom stereocenters. The Kier molecular flexibility index (Phi) is 2.93. The maximum absolute atomic E-state index is 13.4. The summed E-state index contributed by atoms with van der Waals surface area (Å²) in [6.07, 6.45) is 0.614. The molecule has 2 aromatic heterocycles. The van der Waals surface area contributed by atoms with Gasteiger partial charge in [-0.3, -0.25) is 0 Å². The lowest BCUT2D eigenvalue weighted by molar-refractivity contribution is 0.0288. The van der Waals surface area contributed by atoms with Crippen LogP contribution in [0, 0.1) is 5.95 Å². The van der Waals surface area contributed by atoms with Crippen molar-refractivity contribution in [3.8, 4) is 0 Å². The molecule has 0 saturated heterocycles. The first kappa shape index (κ1) is 13.0. The molecule has 0 bridgehead atoms. The molecule has 20 heavy (non-hydrogen) atoms. The van der Waals surface area contributed by atoms with Crippen LogP contribution < -0.4 is 5.73 Å². The first-order chi connectivity index (χ1) is 9.52. The topological polar surface area (TPSA) is 117 Å². The van der Waals surface area contributed by atoms with Gasteiger partial charge in [-0.25, -0.2) is 9.97 Å². The second kappa shape index (κ2) is 4.51. The van der Waals surface area contributed by atoms with E-state index >= 15 is 0 Å². The van der Waals surface area contributed by atoms with Gasteiger partial charge in [0, 0.05) is 6.07 Å². The maximum Gasteiger partial charge on any atom is 0.217 e. The predicted molar refractivity (Wildman–Crippen MR) is 68.1 cm³/mol. The van der Waals surface area contributed by atoms with Crippen LogP contribution in [0.5, 0.6) is 0 Å². The van der Waals surface area contributed by atoms with E-state index in [1.807, 2.05) is 0 Å². The fourth-order valence-electron chi connectivity index (χ4n) is 2.48. The SMILES string of the molecule is Nc1nc(F)cc2c1ncn2[C@@H]1C=C(CO)[C@@H](O)[C@H]1O. The van der Waals surface area contributed by atoms with Crippen LogP contribution in [-0.2, 0) is 0 Å². The van der Waals surface area contributed by atoms with Gasteiger partial charge in [0.25, 0.3) is 0 Å². The Balaban J connectivity index is 2.14. The summed E-state index contributed by atoms with van der Waals surface area (Å²) in [6, 6.07) is 0.501. The summed E-state index contributed by atoms with van der Waals surface area (Å²) in [5.41, 5.74) is 6.58. The van der Waals surface area contributed by atoms with Crippen LogP contribution in [0.25, 0.3) is 11.0 Å². The number of aliphatic hydroxyl groups excluding tert-OH is 3. The van der Waals surface area contributed by atoms with Crippen molar-refractivity contribution in [3.63, 3.8) is 0 Å². The zero-order chi connectivity index (χ0) is 14.4. The number of halogens is 1. The molecule has 0 saturated carbocycles. The summed E-state index contributed by atoms with van der Waals surface area (Å²) in [5.74, 6) is -0.797. The highest BCUT2D eigenvalue weighted by Gasteiger charge is 2.36. The molecule has 0 spiro atoms. The third-order valence-electron chi connectivity index (χ3n) is 3.50. The summed E-state index contributed by atoms with van der Waals surface area (Å²) >= 11 is 0.